The largest absolute Gasteiger partial charge is 0.329 e. The third-order valence-electron chi connectivity index (χ3n) is 3.16. The standard InChI is InChI=1S/C11H24N2O2S3/c1-3-16-6-4-10(8-12)13-5-7-17-9-11(13)18(2,14)15/h10-11H,3-9,12H2,1-2H3. The molecule has 0 aromatic heterocycles. The molecule has 1 aliphatic rings. The first-order chi connectivity index (χ1) is 8.50. The normalized spacial score (nSPS) is 24.1. The first kappa shape index (κ1) is 16.6. The zero-order valence-electron chi connectivity index (χ0n) is 11.2. The van der Waals surface area contributed by atoms with Gasteiger partial charge in [-0.3, -0.25) is 4.90 Å². The van der Waals surface area contributed by atoms with Crippen LogP contribution in [0.25, 0.3) is 0 Å². The molecule has 2 unspecified atom stereocenters. The molecule has 0 aliphatic carbocycles. The lowest BCUT2D eigenvalue weighted by Gasteiger charge is -2.39. The summed E-state index contributed by atoms with van der Waals surface area (Å²) in [5.41, 5.74) is 5.84. The van der Waals surface area contributed by atoms with Gasteiger partial charge in [-0.1, -0.05) is 6.92 Å². The highest BCUT2D eigenvalue weighted by molar-refractivity contribution is 8.00. The molecule has 4 nitrogen and oxygen atoms in total. The summed E-state index contributed by atoms with van der Waals surface area (Å²) in [4.78, 5) is 2.11. The van der Waals surface area contributed by atoms with Crippen molar-refractivity contribution in [1.82, 2.24) is 4.90 Å². The van der Waals surface area contributed by atoms with Gasteiger partial charge in [0.15, 0.2) is 9.84 Å². The van der Waals surface area contributed by atoms with Crippen molar-refractivity contribution in [2.75, 3.05) is 42.4 Å². The van der Waals surface area contributed by atoms with Crippen LogP contribution in [0.2, 0.25) is 0 Å². The molecule has 0 radical (unpaired) electrons. The Morgan fingerprint density at radius 1 is 1.56 bits per heavy atom. The first-order valence-corrected chi connectivity index (χ1v) is 10.6. The van der Waals surface area contributed by atoms with Crippen LogP contribution >= 0.6 is 23.5 Å². The first-order valence-electron chi connectivity index (χ1n) is 6.30. The van der Waals surface area contributed by atoms with E-state index in [9.17, 15) is 8.42 Å². The molecule has 0 aromatic carbocycles. The van der Waals surface area contributed by atoms with Gasteiger partial charge in [0.2, 0.25) is 0 Å². The highest BCUT2D eigenvalue weighted by Crippen LogP contribution is 2.24. The number of sulfone groups is 1. The van der Waals surface area contributed by atoms with Gasteiger partial charge in [-0.2, -0.15) is 23.5 Å². The average Bonchev–Trinajstić information content (AvgIpc) is 2.34. The van der Waals surface area contributed by atoms with Gasteiger partial charge < -0.3 is 5.73 Å². The molecular weight excluding hydrogens is 288 g/mol. The van der Waals surface area contributed by atoms with E-state index in [0.717, 1.165) is 30.2 Å². The van der Waals surface area contributed by atoms with Gasteiger partial charge in [-0.25, -0.2) is 8.42 Å². The number of hydrogen-bond donors (Lipinski definition) is 1. The number of rotatable bonds is 7. The van der Waals surface area contributed by atoms with E-state index in [1.165, 1.54) is 6.26 Å². The highest BCUT2D eigenvalue weighted by atomic mass is 32.2. The van der Waals surface area contributed by atoms with Crippen LogP contribution in [-0.2, 0) is 9.84 Å². The summed E-state index contributed by atoms with van der Waals surface area (Å²) >= 11 is 3.61. The van der Waals surface area contributed by atoms with E-state index in [-0.39, 0.29) is 11.4 Å². The Morgan fingerprint density at radius 2 is 2.28 bits per heavy atom. The third-order valence-corrected chi connectivity index (χ3v) is 6.75. The zero-order chi connectivity index (χ0) is 13.6. The van der Waals surface area contributed by atoms with E-state index >= 15 is 0 Å². The van der Waals surface area contributed by atoms with Crippen LogP contribution in [0.1, 0.15) is 13.3 Å². The molecule has 2 atom stereocenters. The minimum absolute atomic E-state index is 0.199. The van der Waals surface area contributed by atoms with Crippen molar-refractivity contribution in [2.45, 2.75) is 24.8 Å². The van der Waals surface area contributed by atoms with E-state index in [2.05, 4.69) is 11.8 Å². The van der Waals surface area contributed by atoms with Crippen molar-refractivity contribution in [3.05, 3.63) is 0 Å². The van der Waals surface area contributed by atoms with Crippen LogP contribution in [0.4, 0.5) is 0 Å². The van der Waals surface area contributed by atoms with Gasteiger partial charge >= 0.3 is 0 Å². The van der Waals surface area contributed by atoms with Crippen LogP contribution < -0.4 is 5.73 Å². The van der Waals surface area contributed by atoms with E-state index < -0.39 is 9.84 Å². The maximum absolute atomic E-state index is 11.8. The lowest BCUT2D eigenvalue weighted by atomic mass is 10.2. The monoisotopic (exact) mass is 312 g/mol. The number of hydrogen-bond acceptors (Lipinski definition) is 6. The molecule has 18 heavy (non-hydrogen) atoms. The fourth-order valence-electron chi connectivity index (χ4n) is 2.16. The summed E-state index contributed by atoms with van der Waals surface area (Å²) in [6.45, 7) is 3.51. The SMILES string of the molecule is CCSCCC(CN)N1CCSCC1S(C)(=O)=O. The summed E-state index contributed by atoms with van der Waals surface area (Å²) in [7, 11) is -3.02. The molecule has 1 fully saturated rings. The highest BCUT2D eigenvalue weighted by Gasteiger charge is 2.34. The molecule has 1 aliphatic heterocycles. The van der Waals surface area contributed by atoms with E-state index in [4.69, 9.17) is 5.73 Å². The van der Waals surface area contributed by atoms with Gasteiger partial charge in [0.05, 0.1) is 0 Å². The average molecular weight is 313 g/mol. The van der Waals surface area contributed by atoms with Crippen LogP contribution in [-0.4, -0.2) is 67.1 Å². The Labute approximate surface area is 119 Å². The molecule has 0 amide bonds. The number of nitrogens with zero attached hydrogens (tertiary/aromatic N) is 1. The molecule has 2 N–H and O–H groups in total. The molecule has 0 saturated carbocycles. The third kappa shape index (κ3) is 4.92. The second-order valence-electron chi connectivity index (χ2n) is 4.47. The molecule has 0 aromatic rings. The van der Waals surface area contributed by atoms with Gasteiger partial charge in [-0.05, 0) is 17.9 Å². The summed E-state index contributed by atoms with van der Waals surface area (Å²) in [6.07, 6.45) is 2.32. The summed E-state index contributed by atoms with van der Waals surface area (Å²) < 4.78 is 23.7. The van der Waals surface area contributed by atoms with Crippen molar-refractivity contribution >= 4 is 33.4 Å². The quantitative estimate of drug-likeness (QED) is 0.704. The molecule has 1 rings (SSSR count). The predicted octanol–water partition coefficient (Wildman–Crippen LogP) is 0.876. The molecule has 0 spiro atoms. The molecule has 108 valence electrons. The second-order valence-corrected chi connectivity index (χ2v) is 9.22. The number of nitrogens with two attached hydrogens (primary N) is 1. The summed E-state index contributed by atoms with van der Waals surface area (Å²) in [5, 5.41) is -0.351. The second kappa shape index (κ2) is 7.99. The topological polar surface area (TPSA) is 63.4 Å². The molecule has 7 heteroatoms. The summed E-state index contributed by atoms with van der Waals surface area (Å²) in [6, 6.07) is 0.199. The van der Waals surface area contributed by atoms with Gasteiger partial charge in [-0.15, -0.1) is 0 Å². The Balaban J connectivity index is 2.68. The van der Waals surface area contributed by atoms with E-state index in [1.807, 2.05) is 11.8 Å². The lowest BCUT2D eigenvalue weighted by Crippen LogP contribution is -2.54. The van der Waals surface area contributed by atoms with Crippen LogP contribution in [0, 0.1) is 0 Å². The van der Waals surface area contributed by atoms with E-state index in [0.29, 0.717) is 12.3 Å². The zero-order valence-corrected chi connectivity index (χ0v) is 13.6. The smallest absolute Gasteiger partial charge is 0.164 e. The van der Waals surface area contributed by atoms with Gasteiger partial charge in [0.25, 0.3) is 0 Å². The summed E-state index contributed by atoms with van der Waals surface area (Å²) in [5.74, 6) is 3.83. The van der Waals surface area contributed by atoms with Crippen LogP contribution in [0.15, 0.2) is 0 Å². The van der Waals surface area contributed by atoms with Crippen molar-refractivity contribution in [3.63, 3.8) is 0 Å². The fraction of sp³-hybridized carbons (Fsp3) is 1.00. The van der Waals surface area contributed by atoms with Crippen molar-refractivity contribution < 1.29 is 8.42 Å². The maximum Gasteiger partial charge on any atom is 0.164 e. The number of thioether (sulfide) groups is 2. The molecule has 0 bridgehead atoms. The Bertz CT molecular complexity index is 335. The van der Waals surface area contributed by atoms with Crippen LogP contribution in [0.5, 0.6) is 0 Å². The lowest BCUT2D eigenvalue weighted by molar-refractivity contribution is 0.192. The predicted molar refractivity (Wildman–Crippen MR) is 83.1 cm³/mol. The van der Waals surface area contributed by atoms with Gasteiger partial charge in [0.1, 0.15) is 5.37 Å². The Kier molecular flexibility index (Phi) is 7.38. The molecule has 1 heterocycles. The fourth-order valence-corrected chi connectivity index (χ4v) is 5.84. The maximum atomic E-state index is 11.8. The minimum atomic E-state index is -3.02. The van der Waals surface area contributed by atoms with Crippen LogP contribution in [0.3, 0.4) is 0 Å². The Hall–Kier alpha value is 0.570. The minimum Gasteiger partial charge on any atom is -0.329 e. The van der Waals surface area contributed by atoms with Crippen molar-refractivity contribution in [3.8, 4) is 0 Å². The molecular formula is C11H24N2O2S3. The van der Waals surface area contributed by atoms with Crippen molar-refractivity contribution in [2.24, 2.45) is 5.73 Å². The van der Waals surface area contributed by atoms with E-state index in [1.54, 1.807) is 11.8 Å². The Morgan fingerprint density at radius 3 is 2.83 bits per heavy atom. The molecule has 1 saturated heterocycles. The van der Waals surface area contributed by atoms with Gasteiger partial charge in [0, 0.05) is 36.9 Å². The van der Waals surface area contributed by atoms with Crippen molar-refractivity contribution in [1.29, 1.82) is 0 Å².